The number of unbranched alkanes of at least 4 members (excludes halogenated alkanes) is 23. The Bertz CT molecular complexity index is 1700. The van der Waals surface area contributed by atoms with Crippen LogP contribution in [0.4, 0.5) is 0 Å². The van der Waals surface area contributed by atoms with Crippen LogP contribution >= 0.6 is 0 Å². The van der Waals surface area contributed by atoms with Gasteiger partial charge in [0.25, 0.3) is 5.79 Å². The Balaban J connectivity index is 1.73. The molecule has 0 aliphatic carbocycles. The fraction of sp³-hybridized carbons (Fsp3) is 0.912. The van der Waals surface area contributed by atoms with Crippen molar-refractivity contribution in [1.82, 2.24) is 10.6 Å². The number of hydrogen-bond donors (Lipinski definition) is 14. The zero-order valence-electron chi connectivity index (χ0n) is 47.9. The second-order valence-corrected chi connectivity index (χ2v) is 22.2. The summed E-state index contributed by atoms with van der Waals surface area (Å²) in [6.45, 7) is 2.07. The number of aliphatic hydroxyl groups excluding tert-OH is 11. The van der Waals surface area contributed by atoms with Gasteiger partial charge in [-0.3, -0.25) is 9.59 Å². The minimum absolute atomic E-state index is 0.186. The van der Waals surface area contributed by atoms with Gasteiger partial charge in [-0.1, -0.05) is 167 Å². The highest BCUT2D eigenvalue weighted by Crippen LogP contribution is 2.38. The molecule has 0 saturated carbocycles. The average molecular weight is 1150 g/mol. The molecule has 0 spiro atoms. The van der Waals surface area contributed by atoms with Gasteiger partial charge in [0.2, 0.25) is 11.8 Å². The molecule has 23 heteroatoms. The van der Waals surface area contributed by atoms with Gasteiger partial charge in [0, 0.05) is 19.8 Å². The van der Waals surface area contributed by atoms with Gasteiger partial charge in [0.15, 0.2) is 12.6 Å². The van der Waals surface area contributed by atoms with Gasteiger partial charge in [-0.2, -0.15) is 0 Å². The SMILES string of the molecule is CCCCCCCCCCCCC/C=C/[C@H](O)[C@@H](CO[C@@H]1O[C@H](CO)[C@@H](O)[C@H](O[C@@H]2O[C@H](CO)[C@H](O)[C@H](O[C@]3(C(=O)O)C[C@H](O)[C@@H](NC(C)=O)[C@H]([C@H](O)[C@H](O)CO)O3)[C@H]2O)[C@H]1O)NC(=O)CCCCCCCCCCCCCCC. The highest BCUT2D eigenvalue weighted by molar-refractivity contribution is 5.77. The Kier molecular flexibility index (Phi) is 35.8. The number of carboxylic acid groups (broad SMARTS) is 1. The Morgan fingerprint density at radius 3 is 1.61 bits per heavy atom. The van der Waals surface area contributed by atoms with Crippen molar-refractivity contribution >= 4 is 17.8 Å². The molecule has 3 fully saturated rings. The molecule has 80 heavy (non-hydrogen) atoms. The van der Waals surface area contributed by atoms with Gasteiger partial charge in [0.1, 0.15) is 67.1 Å². The third-order valence-corrected chi connectivity index (χ3v) is 15.5. The molecule has 0 radical (unpaired) electrons. The largest absolute Gasteiger partial charge is 0.477 e. The molecule has 0 aromatic rings. The molecule has 0 aromatic carbocycles. The summed E-state index contributed by atoms with van der Waals surface area (Å²) >= 11 is 0. The molecule has 0 unspecified atom stereocenters. The molecule has 0 bridgehead atoms. The number of carbonyl (C=O) groups is 3. The molecule has 23 nitrogen and oxygen atoms in total. The maximum absolute atomic E-state index is 13.4. The number of carboxylic acids is 1. The third-order valence-electron chi connectivity index (χ3n) is 15.5. The minimum Gasteiger partial charge on any atom is -0.477 e. The molecule has 3 aliphatic heterocycles. The molecule has 14 N–H and O–H groups in total. The molecule has 3 aliphatic rings. The van der Waals surface area contributed by atoms with E-state index in [0.717, 1.165) is 51.9 Å². The molecular formula is C57H104N2O21. The van der Waals surface area contributed by atoms with E-state index in [1.165, 1.54) is 103 Å². The molecule has 0 aromatic heterocycles. The summed E-state index contributed by atoms with van der Waals surface area (Å²) in [5.74, 6) is -6.18. The number of carbonyl (C=O) groups excluding carboxylic acids is 2. The van der Waals surface area contributed by atoms with Crippen molar-refractivity contribution in [3.05, 3.63) is 12.2 Å². The molecule has 2 amide bonds. The maximum Gasteiger partial charge on any atom is 0.364 e. The average Bonchev–Trinajstić information content (AvgIpc) is 3.47. The van der Waals surface area contributed by atoms with E-state index in [4.69, 9.17) is 28.4 Å². The number of allylic oxidation sites excluding steroid dienone is 1. The van der Waals surface area contributed by atoms with Crippen molar-refractivity contribution in [2.24, 2.45) is 0 Å². The van der Waals surface area contributed by atoms with Gasteiger partial charge >= 0.3 is 5.97 Å². The first-order valence-corrected chi connectivity index (χ1v) is 30.1. The molecule has 3 saturated heterocycles. The number of aliphatic hydroxyl groups is 11. The van der Waals surface area contributed by atoms with E-state index in [1.54, 1.807) is 6.08 Å². The van der Waals surface area contributed by atoms with Crippen LogP contribution in [-0.2, 0) is 42.8 Å². The van der Waals surface area contributed by atoms with Crippen LogP contribution in [0.25, 0.3) is 0 Å². The number of ether oxygens (including phenoxy) is 6. The van der Waals surface area contributed by atoms with Crippen molar-refractivity contribution in [3.63, 3.8) is 0 Å². The fourth-order valence-corrected chi connectivity index (χ4v) is 10.6. The summed E-state index contributed by atoms with van der Waals surface area (Å²) in [5, 5.41) is 136. The second kappa shape index (κ2) is 39.9. The van der Waals surface area contributed by atoms with Crippen molar-refractivity contribution in [2.75, 3.05) is 26.4 Å². The van der Waals surface area contributed by atoms with E-state index in [2.05, 4.69) is 24.5 Å². The lowest BCUT2D eigenvalue weighted by Gasteiger charge is -2.50. The van der Waals surface area contributed by atoms with Gasteiger partial charge in [0.05, 0.1) is 50.7 Å². The van der Waals surface area contributed by atoms with E-state index in [9.17, 15) is 75.7 Å². The van der Waals surface area contributed by atoms with Crippen molar-refractivity contribution < 1.29 is 104 Å². The molecule has 18 atom stereocenters. The first-order chi connectivity index (χ1) is 38.4. The lowest BCUT2D eigenvalue weighted by atomic mass is 9.88. The number of hydrogen-bond acceptors (Lipinski definition) is 20. The van der Waals surface area contributed by atoms with Crippen LogP contribution in [0.15, 0.2) is 12.2 Å². The summed E-state index contributed by atoms with van der Waals surface area (Å²) in [5.41, 5.74) is 0. The lowest BCUT2D eigenvalue weighted by Crippen LogP contribution is -2.71. The first kappa shape index (κ1) is 71.7. The molecular weight excluding hydrogens is 1050 g/mol. The van der Waals surface area contributed by atoms with Gasteiger partial charge < -0.3 is 100 Å². The highest BCUT2D eigenvalue weighted by Gasteiger charge is 2.60. The smallest absolute Gasteiger partial charge is 0.364 e. The van der Waals surface area contributed by atoms with Gasteiger partial charge in [-0.15, -0.1) is 0 Å². The monoisotopic (exact) mass is 1150 g/mol. The van der Waals surface area contributed by atoms with Crippen molar-refractivity contribution in [3.8, 4) is 0 Å². The number of amides is 2. The number of nitrogens with one attached hydrogen (secondary N) is 2. The summed E-state index contributed by atoms with van der Waals surface area (Å²) in [6, 6.07) is -2.65. The van der Waals surface area contributed by atoms with Crippen LogP contribution in [0, 0.1) is 0 Å². The van der Waals surface area contributed by atoms with Crippen molar-refractivity contribution in [2.45, 2.75) is 304 Å². The van der Waals surface area contributed by atoms with Crippen LogP contribution in [0.2, 0.25) is 0 Å². The predicted octanol–water partition coefficient (Wildman–Crippen LogP) is 2.39. The Morgan fingerprint density at radius 1 is 0.650 bits per heavy atom. The topological polar surface area (TPSA) is 373 Å². The van der Waals surface area contributed by atoms with E-state index in [1.807, 2.05) is 6.08 Å². The quantitative estimate of drug-likeness (QED) is 0.0308. The maximum atomic E-state index is 13.4. The van der Waals surface area contributed by atoms with Crippen LogP contribution < -0.4 is 10.6 Å². The Labute approximate surface area is 473 Å². The zero-order chi connectivity index (χ0) is 59.0. The van der Waals surface area contributed by atoms with E-state index < -0.39 is 155 Å². The molecule has 468 valence electrons. The summed E-state index contributed by atoms with van der Waals surface area (Å²) < 4.78 is 34.7. The predicted molar refractivity (Wildman–Crippen MR) is 292 cm³/mol. The summed E-state index contributed by atoms with van der Waals surface area (Å²) in [7, 11) is 0. The normalized spacial score (nSPS) is 30.7. The van der Waals surface area contributed by atoms with Gasteiger partial charge in [-0.25, -0.2) is 4.79 Å². The van der Waals surface area contributed by atoms with E-state index in [-0.39, 0.29) is 12.3 Å². The first-order valence-electron chi connectivity index (χ1n) is 30.1. The van der Waals surface area contributed by atoms with Crippen LogP contribution in [0.1, 0.15) is 194 Å². The van der Waals surface area contributed by atoms with Crippen LogP contribution in [0.3, 0.4) is 0 Å². The second-order valence-electron chi connectivity index (χ2n) is 22.2. The number of aliphatic carboxylic acids is 1. The fourth-order valence-electron chi connectivity index (χ4n) is 10.6. The Hall–Kier alpha value is -2.53. The molecule has 3 heterocycles. The van der Waals surface area contributed by atoms with E-state index in [0.29, 0.717) is 12.8 Å². The van der Waals surface area contributed by atoms with Crippen LogP contribution in [0.5, 0.6) is 0 Å². The highest BCUT2D eigenvalue weighted by atomic mass is 16.8. The lowest BCUT2D eigenvalue weighted by molar-refractivity contribution is -0.387. The standard InChI is InChI=1S/C57H104N2O21/c1-4-6-8-10-12-14-16-18-20-22-24-26-28-30-39(64)38(59-44(67)31-29-27-25-23-21-19-17-15-13-11-9-7-5-2)36-75-54-49(71)52(47(69)42(34-61)76-54)78-55-50(72)53(48(70)43(35-62)77-55)80-57(56(73)74)32-40(65)45(58-37(3)63)51(79-57)46(68)41(66)33-60/h28,30,38-43,45-55,60-62,64-66,68-72H,4-27,29,31-36H2,1-3H3,(H,58,63)(H,59,67)(H,73,74)/b30-28+/t38-,39+,40+,41-,42-,43-,45-,46-,47-,48+,49-,50-,51-,52+,53+,54-,55+,57+/m1/s1. The number of rotatable bonds is 43. The summed E-state index contributed by atoms with van der Waals surface area (Å²) in [4.78, 5) is 38.5. The minimum atomic E-state index is -3.09. The van der Waals surface area contributed by atoms with Crippen LogP contribution in [-0.4, -0.2) is 215 Å². The van der Waals surface area contributed by atoms with Crippen molar-refractivity contribution in [1.29, 1.82) is 0 Å². The Morgan fingerprint density at radius 2 is 1.12 bits per heavy atom. The van der Waals surface area contributed by atoms with E-state index >= 15 is 0 Å². The molecule has 3 rings (SSSR count). The zero-order valence-corrected chi connectivity index (χ0v) is 47.9. The van der Waals surface area contributed by atoms with Gasteiger partial charge in [-0.05, 0) is 19.3 Å². The summed E-state index contributed by atoms with van der Waals surface area (Å²) in [6.07, 6.45) is 2.40. The third kappa shape index (κ3) is 24.2.